The van der Waals surface area contributed by atoms with Gasteiger partial charge in [-0.2, -0.15) is 0 Å². The molecule has 0 radical (unpaired) electrons. The van der Waals surface area contributed by atoms with Crippen LogP contribution < -0.4 is 19.9 Å². The number of hydrogen-bond donors (Lipinski definition) is 1. The number of nitrogens with zero attached hydrogens (tertiary/aromatic N) is 1. The molecule has 156 valence electrons. The fourth-order valence-corrected chi connectivity index (χ4v) is 4.42. The van der Waals surface area contributed by atoms with Crippen LogP contribution in [-0.4, -0.2) is 37.9 Å². The van der Waals surface area contributed by atoms with E-state index in [1.54, 1.807) is 0 Å². The second-order valence-electron chi connectivity index (χ2n) is 8.16. The van der Waals surface area contributed by atoms with Crippen LogP contribution >= 0.6 is 0 Å². The van der Waals surface area contributed by atoms with Crippen LogP contribution in [-0.2, 0) is 0 Å². The van der Waals surface area contributed by atoms with Crippen LogP contribution in [0.2, 0.25) is 0 Å². The third-order valence-corrected chi connectivity index (χ3v) is 6.07. The van der Waals surface area contributed by atoms with Crippen LogP contribution in [0.1, 0.15) is 44.1 Å². The number of nitrogens with two attached hydrogens (primary N) is 1. The predicted molar refractivity (Wildman–Crippen MR) is 116 cm³/mol. The van der Waals surface area contributed by atoms with Crippen LogP contribution in [0.15, 0.2) is 42.5 Å². The first-order valence-corrected chi connectivity index (χ1v) is 10.8. The predicted octanol–water partition coefficient (Wildman–Crippen LogP) is 4.67. The van der Waals surface area contributed by atoms with Crippen molar-refractivity contribution in [2.75, 3.05) is 38.8 Å². The van der Waals surface area contributed by atoms with Crippen molar-refractivity contribution in [2.45, 2.75) is 38.5 Å². The second kappa shape index (κ2) is 9.40. The minimum absolute atomic E-state index is 0.285. The molecular formula is C24H32N2O3. The lowest BCUT2D eigenvalue weighted by atomic mass is 9.80. The minimum Gasteiger partial charge on any atom is -0.493 e. The zero-order valence-corrected chi connectivity index (χ0v) is 17.3. The van der Waals surface area contributed by atoms with Gasteiger partial charge in [0.2, 0.25) is 6.79 Å². The van der Waals surface area contributed by atoms with E-state index in [4.69, 9.17) is 19.9 Å². The lowest BCUT2D eigenvalue weighted by Crippen LogP contribution is -2.42. The smallest absolute Gasteiger partial charge is 0.231 e. The summed E-state index contributed by atoms with van der Waals surface area (Å²) in [5.41, 5.74) is 8.09. The molecule has 0 aromatic heterocycles. The van der Waals surface area contributed by atoms with Gasteiger partial charge in [-0.1, -0.05) is 31.9 Å². The van der Waals surface area contributed by atoms with Crippen molar-refractivity contribution in [1.29, 1.82) is 0 Å². The van der Waals surface area contributed by atoms with Gasteiger partial charge in [-0.3, -0.25) is 0 Å². The van der Waals surface area contributed by atoms with Gasteiger partial charge in [0.1, 0.15) is 5.75 Å². The van der Waals surface area contributed by atoms with E-state index in [2.05, 4.69) is 24.0 Å². The van der Waals surface area contributed by atoms with E-state index in [0.717, 1.165) is 42.4 Å². The monoisotopic (exact) mass is 396 g/mol. The number of anilines is 1. The van der Waals surface area contributed by atoms with E-state index in [-0.39, 0.29) is 6.79 Å². The van der Waals surface area contributed by atoms with Crippen molar-refractivity contribution < 1.29 is 14.2 Å². The number of nitrogen functional groups attached to an aromatic ring is 1. The number of hydrogen-bond acceptors (Lipinski definition) is 5. The van der Waals surface area contributed by atoms with Gasteiger partial charge in [-0.05, 0) is 61.7 Å². The number of likely N-dealkylation sites (tertiary alicyclic amines) is 1. The fraction of sp³-hybridized carbons (Fsp3) is 0.500. The van der Waals surface area contributed by atoms with E-state index in [1.807, 2.05) is 30.3 Å². The van der Waals surface area contributed by atoms with Crippen molar-refractivity contribution in [1.82, 2.24) is 4.90 Å². The molecule has 0 aliphatic carbocycles. The van der Waals surface area contributed by atoms with E-state index in [1.165, 1.54) is 31.4 Å². The maximum Gasteiger partial charge on any atom is 0.231 e. The molecule has 2 aromatic carbocycles. The van der Waals surface area contributed by atoms with Crippen LogP contribution in [0.5, 0.6) is 17.2 Å². The Balaban J connectivity index is 1.44. The minimum atomic E-state index is 0.285. The largest absolute Gasteiger partial charge is 0.493 e. The summed E-state index contributed by atoms with van der Waals surface area (Å²) in [4.78, 5) is 2.61. The zero-order valence-electron chi connectivity index (χ0n) is 17.3. The number of ether oxygens (including phenoxy) is 3. The van der Waals surface area contributed by atoms with Crippen molar-refractivity contribution in [3.05, 3.63) is 48.0 Å². The molecule has 4 rings (SSSR count). The summed E-state index contributed by atoms with van der Waals surface area (Å²) in [6, 6.07) is 14.2. The first kappa shape index (κ1) is 19.9. The quantitative estimate of drug-likeness (QED) is 0.519. The molecule has 29 heavy (non-hydrogen) atoms. The van der Waals surface area contributed by atoms with Gasteiger partial charge in [0, 0.05) is 24.2 Å². The number of unbranched alkanes of at least 4 members (excludes halogenated alkanes) is 2. The van der Waals surface area contributed by atoms with Crippen LogP contribution in [0.4, 0.5) is 5.69 Å². The highest BCUT2D eigenvalue weighted by molar-refractivity contribution is 5.47. The number of rotatable bonds is 8. The summed E-state index contributed by atoms with van der Waals surface area (Å²) >= 11 is 0. The first-order valence-electron chi connectivity index (χ1n) is 10.8. The maximum absolute atomic E-state index is 6.23. The van der Waals surface area contributed by atoms with E-state index >= 15 is 0 Å². The SMILES string of the molecule is CCCCCN1CC[C@@H](c2ccc(N)cc2)[C@H](COc2ccc3c(c2)OCO3)C1. The molecule has 2 aromatic rings. The summed E-state index contributed by atoms with van der Waals surface area (Å²) in [5, 5.41) is 0. The van der Waals surface area contributed by atoms with Gasteiger partial charge in [0.05, 0.1) is 6.61 Å². The second-order valence-corrected chi connectivity index (χ2v) is 8.16. The molecule has 2 atom stereocenters. The highest BCUT2D eigenvalue weighted by Gasteiger charge is 2.31. The Morgan fingerprint density at radius 3 is 2.72 bits per heavy atom. The van der Waals surface area contributed by atoms with E-state index in [0.29, 0.717) is 18.4 Å². The molecule has 5 nitrogen and oxygen atoms in total. The molecule has 1 saturated heterocycles. The number of piperidine rings is 1. The van der Waals surface area contributed by atoms with Gasteiger partial charge in [0.15, 0.2) is 11.5 Å². The number of fused-ring (bicyclic) bond motifs is 1. The summed E-state index contributed by atoms with van der Waals surface area (Å²) in [5.74, 6) is 3.33. The maximum atomic E-state index is 6.23. The first-order chi connectivity index (χ1) is 14.2. The fourth-order valence-electron chi connectivity index (χ4n) is 4.42. The van der Waals surface area contributed by atoms with Crippen molar-refractivity contribution >= 4 is 5.69 Å². The lowest BCUT2D eigenvalue weighted by Gasteiger charge is -2.39. The van der Waals surface area contributed by atoms with Gasteiger partial charge < -0.3 is 24.8 Å². The van der Waals surface area contributed by atoms with Gasteiger partial charge in [-0.25, -0.2) is 0 Å². The average molecular weight is 397 g/mol. The summed E-state index contributed by atoms with van der Waals surface area (Å²) in [7, 11) is 0. The average Bonchev–Trinajstić information content (AvgIpc) is 3.21. The molecule has 0 bridgehead atoms. The number of benzene rings is 2. The highest BCUT2D eigenvalue weighted by atomic mass is 16.7. The van der Waals surface area contributed by atoms with E-state index < -0.39 is 0 Å². The van der Waals surface area contributed by atoms with Crippen molar-refractivity contribution in [2.24, 2.45) is 5.92 Å². The Morgan fingerprint density at radius 1 is 1.07 bits per heavy atom. The summed E-state index contributed by atoms with van der Waals surface area (Å²) < 4.78 is 17.1. The molecule has 2 aliphatic rings. The summed E-state index contributed by atoms with van der Waals surface area (Å²) in [6.07, 6.45) is 5.00. The van der Waals surface area contributed by atoms with Gasteiger partial charge >= 0.3 is 0 Å². The van der Waals surface area contributed by atoms with Gasteiger partial charge in [-0.15, -0.1) is 0 Å². The molecule has 2 N–H and O–H groups in total. The summed E-state index contributed by atoms with van der Waals surface area (Å²) in [6.45, 7) is 6.65. The van der Waals surface area contributed by atoms with Crippen LogP contribution in [0.3, 0.4) is 0 Å². The molecule has 5 heteroatoms. The van der Waals surface area contributed by atoms with E-state index in [9.17, 15) is 0 Å². The van der Waals surface area contributed by atoms with Crippen LogP contribution in [0, 0.1) is 5.92 Å². The van der Waals surface area contributed by atoms with Gasteiger partial charge in [0.25, 0.3) is 0 Å². The standard InChI is InChI=1S/C24H32N2O3/c1-2-3-4-12-26-13-11-22(18-5-7-20(25)8-6-18)19(15-26)16-27-21-9-10-23-24(14-21)29-17-28-23/h5-10,14,19,22H,2-4,11-13,15-17,25H2,1H3/t19-,22-/m0/s1. The van der Waals surface area contributed by atoms with Crippen molar-refractivity contribution in [3.8, 4) is 17.2 Å². The molecule has 0 unspecified atom stereocenters. The Bertz CT molecular complexity index is 793. The molecule has 1 fully saturated rings. The molecule has 0 amide bonds. The molecule has 2 aliphatic heterocycles. The third-order valence-electron chi connectivity index (χ3n) is 6.07. The Kier molecular flexibility index (Phi) is 6.45. The highest BCUT2D eigenvalue weighted by Crippen LogP contribution is 2.37. The van der Waals surface area contributed by atoms with Crippen LogP contribution in [0.25, 0.3) is 0 Å². The zero-order chi connectivity index (χ0) is 20.1. The topological polar surface area (TPSA) is 57.0 Å². The molecular weight excluding hydrogens is 364 g/mol. The third kappa shape index (κ3) is 4.96. The molecule has 0 spiro atoms. The van der Waals surface area contributed by atoms with Crippen molar-refractivity contribution in [3.63, 3.8) is 0 Å². The normalized spacial score (nSPS) is 21.3. The Hall–Kier alpha value is -2.40. The Morgan fingerprint density at radius 2 is 1.90 bits per heavy atom. The molecule has 2 heterocycles. The lowest BCUT2D eigenvalue weighted by molar-refractivity contribution is 0.109. The Labute approximate surface area is 173 Å². The molecule has 0 saturated carbocycles.